The molecular formula is C12H16N4O3. The lowest BCUT2D eigenvalue weighted by molar-refractivity contribution is -0.383. The van der Waals surface area contributed by atoms with Crippen molar-refractivity contribution >= 4 is 17.3 Å². The topological polar surface area (TPSA) is 110 Å². The Morgan fingerprint density at radius 3 is 2.74 bits per heavy atom. The van der Waals surface area contributed by atoms with Crippen molar-refractivity contribution < 1.29 is 9.72 Å². The van der Waals surface area contributed by atoms with Crippen LogP contribution in [0.4, 0.5) is 11.4 Å². The van der Waals surface area contributed by atoms with Gasteiger partial charge in [0.15, 0.2) is 0 Å². The van der Waals surface area contributed by atoms with E-state index in [1.807, 2.05) is 0 Å². The minimum absolute atomic E-state index is 0.0843. The first kappa shape index (κ1) is 13.3. The van der Waals surface area contributed by atoms with E-state index >= 15 is 0 Å². The second kappa shape index (κ2) is 5.66. The molecule has 1 fully saturated rings. The highest BCUT2D eigenvalue weighted by Gasteiger charge is 2.21. The van der Waals surface area contributed by atoms with Gasteiger partial charge in [0.1, 0.15) is 5.69 Å². The Kier molecular flexibility index (Phi) is 3.96. The van der Waals surface area contributed by atoms with Crippen LogP contribution in [0.2, 0.25) is 0 Å². The predicted octanol–water partition coefficient (Wildman–Crippen LogP) is 0.659. The molecule has 1 aliphatic heterocycles. The van der Waals surface area contributed by atoms with Crippen molar-refractivity contribution in [1.29, 1.82) is 0 Å². The van der Waals surface area contributed by atoms with Crippen molar-refractivity contribution in [3.63, 3.8) is 0 Å². The summed E-state index contributed by atoms with van der Waals surface area (Å²) < 4.78 is 0. The van der Waals surface area contributed by atoms with Crippen molar-refractivity contribution in [2.45, 2.75) is 18.9 Å². The van der Waals surface area contributed by atoms with Gasteiger partial charge in [0.25, 0.3) is 11.6 Å². The Balaban J connectivity index is 2.14. The summed E-state index contributed by atoms with van der Waals surface area (Å²) in [6.45, 7) is 1.71. The van der Waals surface area contributed by atoms with Gasteiger partial charge in [0.05, 0.1) is 10.5 Å². The van der Waals surface area contributed by atoms with Gasteiger partial charge in [-0.1, -0.05) is 6.07 Å². The van der Waals surface area contributed by atoms with Crippen LogP contribution in [0.5, 0.6) is 0 Å². The molecule has 0 bridgehead atoms. The summed E-state index contributed by atoms with van der Waals surface area (Å²) in [5, 5.41) is 16.8. The number of nitrogens with zero attached hydrogens (tertiary/aromatic N) is 1. The lowest BCUT2D eigenvalue weighted by atomic mass is 10.1. The van der Waals surface area contributed by atoms with E-state index in [9.17, 15) is 14.9 Å². The Hall–Kier alpha value is -2.15. The lowest BCUT2D eigenvalue weighted by Crippen LogP contribution is -2.42. The number of nitrogens with one attached hydrogen (secondary N) is 2. The van der Waals surface area contributed by atoms with Crippen molar-refractivity contribution in [2.24, 2.45) is 0 Å². The number of hydrogen-bond acceptors (Lipinski definition) is 5. The number of nitro benzene ring substituents is 1. The zero-order valence-corrected chi connectivity index (χ0v) is 10.4. The fraction of sp³-hybridized carbons (Fsp3) is 0.417. The van der Waals surface area contributed by atoms with Gasteiger partial charge in [-0.3, -0.25) is 14.9 Å². The number of anilines is 1. The Labute approximate surface area is 110 Å². The molecule has 2 rings (SSSR count). The van der Waals surface area contributed by atoms with Gasteiger partial charge >= 0.3 is 0 Å². The van der Waals surface area contributed by atoms with E-state index in [2.05, 4.69) is 10.6 Å². The molecule has 1 heterocycles. The standard InChI is InChI=1S/C12H16N4O3/c13-11-9(2-1-3-10(11)16(18)19)12(17)15-8-4-6-14-7-5-8/h1-3,8,14H,4-7,13H2,(H,15,17). The quantitative estimate of drug-likeness (QED) is 0.422. The van der Waals surface area contributed by atoms with Crippen LogP contribution in [0.15, 0.2) is 18.2 Å². The summed E-state index contributed by atoms with van der Waals surface area (Å²) in [5.41, 5.74) is 5.51. The first-order chi connectivity index (χ1) is 9.09. The number of hydrogen-bond donors (Lipinski definition) is 3. The molecule has 102 valence electrons. The maximum absolute atomic E-state index is 12.1. The van der Waals surface area contributed by atoms with E-state index in [1.54, 1.807) is 0 Å². The first-order valence-electron chi connectivity index (χ1n) is 6.14. The third-order valence-corrected chi connectivity index (χ3v) is 3.20. The molecule has 1 amide bonds. The van der Waals surface area contributed by atoms with E-state index in [4.69, 9.17) is 5.73 Å². The lowest BCUT2D eigenvalue weighted by Gasteiger charge is -2.23. The van der Waals surface area contributed by atoms with E-state index in [-0.39, 0.29) is 28.9 Å². The van der Waals surface area contributed by atoms with E-state index in [0.29, 0.717) is 0 Å². The number of nitrogen functional groups attached to an aromatic ring is 1. The molecule has 0 spiro atoms. The van der Waals surface area contributed by atoms with Gasteiger partial charge in [-0.25, -0.2) is 0 Å². The fourth-order valence-electron chi connectivity index (χ4n) is 2.14. The number of nitrogens with two attached hydrogens (primary N) is 1. The Morgan fingerprint density at radius 2 is 2.11 bits per heavy atom. The van der Waals surface area contributed by atoms with Gasteiger partial charge in [-0.15, -0.1) is 0 Å². The highest BCUT2D eigenvalue weighted by molar-refractivity contribution is 6.01. The van der Waals surface area contributed by atoms with Gasteiger partial charge in [0.2, 0.25) is 0 Å². The number of rotatable bonds is 3. The van der Waals surface area contributed by atoms with Crippen LogP contribution in [-0.2, 0) is 0 Å². The SMILES string of the molecule is Nc1c(C(=O)NC2CCNCC2)cccc1[N+](=O)[O-]. The summed E-state index contributed by atoms with van der Waals surface area (Å²) in [6, 6.07) is 4.34. The maximum Gasteiger partial charge on any atom is 0.292 e. The molecule has 1 aromatic carbocycles. The molecule has 1 saturated heterocycles. The third-order valence-electron chi connectivity index (χ3n) is 3.20. The average molecular weight is 264 g/mol. The Morgan fingerprint density at radius 1 is 1.42 bits per heavy atom. The second-order valence-electron chi connectivity index (χ2n) is 4.49. The van der Waals surface area contributed by atoms with Crippen LogP contribution in [0.1, 0.15) is 23.2 Å². The van der Waals surface area contributed by atoms with Crippen molar-refractivity contribution in [3.8, 4) is 0 Å². The molecule has 4 N–H and O–H groups in total. The number of carbonyl (C=O) groups excluding carboxylic acids is 1. The van der Waals surface area contributed by atoms with Crippen molar-refractivity contribution in [1.82, 2.24) is 10.6 Å². The minimum atomic E-state index is -0.587. The largest absolute Gasteiger partial charge is 0.393 e. The number of amides is 1. The van der Waals surface area contributed by atoms with Crippen LogP contribution in [0.25, 0.3) is 0 Å². The molecule has 0 atom stereocenters. The van der Waals surface area contributed by atoms with Gasteiger partial charge < -0.3 is 16.4 Å². The predicted molar refractivity (Wildman–Crippen MR) is 70.9 cm³/mol. The van der Waals surface area contributed by atoms with Crippen LogP contribution in [0.3, 0.4) is 0 Å². The molecule has 7 nitrogen and oxygen atoms in total. The third kappa shape index (κ3) is 3.00. The van der Waals surface area contributed by atoms with Crippen LogP contribution < -0.4 is 16.4 Å². The van der Waals surface area contributed by atoms with Gasteiger partial charge in [-0.2, -0.15) is 0 Å². The van der Waals surface area contributed by atoms with Crippen LogP contribution in [-0.4, -0.2) is 30.0 Å². The number of piperidine rings is 1. The first-order valence-corrected chi connectivity index (χ1v) is 6.14. The molecule has 0 unspecified atom stereocenters. The zero-order valence-electron chi connectivity index (χ0n) is 10.4. The number of para-hydroxylation sites is 1. The van der Waals surface area contributed by atoms with E-state index < -0.39 is 4.92 Å². The average Bonchev–Trinajstić information content (AvgIpc) is 2.39. The van der Waals surface area contributed by atoms with Gasteiger partial charge in [-0.05, 0) is 32.0 Å². The normalized spacial score (nSPS) is 16.0. The summed E-state index contributed by atoms with van der Waals surface area (Å²) in [6.07, 6.45) is 1.70. The number of benzene rings is 1. The molecule has 0 aromatic heterocycles. The Bertz CT molecular complexity index is 498. The molecular weight excluding hydrogens is 248 g/mol. The molecule has 19 heavy (non-hydrogen) atoms. The van der Waals surface area contributed by atoms with Gasteiger partial charge in [0, 0.05) is 12.1 Å². The van der Waals surface area contributed by atoms with E-state index in [1.165, 1.54) is 18.2 Å². The highest BCUT2D eigenvalue weighted by atomic mass is 16.6. The van der Waals surface area contributed by atoms with Crippen LogP contribution in [0, 0.1) is 10.1 Å². The second-order valence-corrected chi connectivity index (χ2v) is 4.49. The highest BCUT2D eigenvalue weighted by Crippen LogP contribution is 2.24. The van der Waals surface area contributed by atoms with E-state index in [0.717, 1.165) is 25.9 Å². The summed E-state index contributed by atoms with van der Waals surface area (Å²) >= 11 is 0. The van der Waals surface area contributed by atoms with Crippen LogP contribution >= 0.6 is 0 Å². The van der Waals surface area contributed by atoms with Crippen molar-refractivity contribution in [3.05, 3.63) is 33.9 Å². The number of carbonyl (C=O) groups is 1. The minimum Gasteiger partial charge on any atom is -0.393 e. The molecule has 7 heteroatoms. The molecule has 0 saturated carbocycles. The smallest absolute Gasteiger partial charge is 0.292 e. The monoisotopic (exact) mass is 264 g/mol. The summed E-state index contributed by atoms with van der Waals surface area (Å²) in [4.78, 5) is 22.3. The molecule has 0 aliphatic carbocycles. The zero-order chi connectivity index (χ0) is 13.8. The number of nitro groups is 1. The fourth-order valence-corrected chi connectivity index (χ4v) is 2.14. The summed E-state index contributed by atoms with van der Waals surface area (Å²) in [5.74, 6) is -0.354. The molecule has 0 radical (unpaired) electrons. The van der Waals surface area contributed by atoms with Crippen molar-refractivity contribution in [2.75, 3.05) is 18.8 Å². The molecule has 1 aromatic rings. The molecule has 1 aliphatic rings. The maximum atomic E-state index is 12.1. The summed E-state index contributed by atoms with van der Waals surface area (Å²) in [7, 11) is 0.